The lowest BCUT2D eigenvalue weighted by atomic mass is 9.98. The van der Waals surface area contributed by atoms with Crippen molar-refractivity contribution >= 4 is 15.9 Å². The van der Waals surface area contributed by atoms with E-state index >= 15 is 0 Å². The van der Waals surface area contributed by atoms with E-state index in [1.807, 2.05) is 0 Å². The topological polar surface area (TPSA) is 52.0 Å². The van der Waals surface area contributed by atoms with E-state index in [2.05, 4.69) is 15.9 Å². The second kappa shape index (κ2) is 3.29. The first-order chi connectivity index (χ1) is 6.53. The first kappa shape index (κ1) is 10.1. The molecule has 1 aromatic rings. The highest BCUT2D eigenvalue weighted by atomic mass is 79.9. The smallest absolute Gasteiger partial charge is 0.128 e. The maximum absolute atomic E-state index is 13.4. The molecule has 0 aliphatic heterocycles. The van der Waals surface area contributed by atoms with E-state index in [1.165, 1.54) is 6.07 Å². The third-order valence-corrected chi connectivity index (χ3v) is 3.23. The monoisotopic (exact) mass is 258 g/mol. The maximum atomic E-state index is 13.4. The Hall–Kier alpha value is -0.450. The Balaban J connectivity index is 2.35. The molecule has 2 nitrogen and oxygen atoms in total. The van der Waals surface area contributed by atoms with Gasteiger partial charge in [-0.1, -0.05) is 15.9 Å². The van der Waals surface area contributed by atoms with Crippen LogP contribution in [0.25, 0.3) is 0 Å². The summed E-state index contributed by atoms with van der Waals surface area (Å²) in [5.74, 6) is -0.280. The molecule has 2 rings (SSSR count). The Morgan fingerprint density at radius 2 is 2.07 bits per heavy atom. The molecule has 1 fully saturated rings. The summed E-state index contributed by atoms with van der Waals surface area (Å²) in [6.45, 7) is 0. The number of hydrogen-bond acceptors (Lipinski definition) is 2. The summed E-state index contributed by atoms with van der Waals surface area (Å²) in [5, 5.41) is 0. The van der Waals surface area contributed by atoms with Crippen LogP contribution in [0.2, 0.25) is 0 Å². The van der Waals surface area contributed by atoms with Crippen LogP contribution in [0, 0.1) is 5.82 Å². The van der Waals surface area contributed by atoms with Gasteiger partial charge in [0.1, 0.15) is 5.82 Å². The molecule has 14 heavy (non-hydrogen) atoms. The third-order valence-electron chi connectivity index (χ3n) is 2.74. The SMILES string of the molecule is NC(c1cc(Br)ccc1F)C1(N)CC1. The van der Waals surface area contributed by atoms with Crippen LogP contribution in [0.15, 0.2) is 22.7 Å². The molecule has 1 aromatic carbocycles. The number of nitrogens with two attached hydrogens (primary N) is 2. The molecule has 4 N–H and O–H groups in total. The Bertz CT molecular complexity index is 363. The normalized spacial score (nSPS) is 20.6. The van der Waals surface area contributed by atoms with E-state index in [1.54, 1.807) is 12.1 Å². The van der Waals surface area contributed by atoms with Crippen molar-refractivity contribution in [2.75, 3.05) is 0 Å². The van der Waals surface area contributed by atoms with Crippen molar-refractivity contribution in [3.05, 3.63) is 34.1 Å². The fraction of sp³-hybridized carbons (Fsp3) is 0.400. The van der Waals surface area contributed by atoms with Gasteiger partial charge in [-0.3, -0.25) is 0 Å². The fourth-order valence-electron chi connectivity index (χ4n) is 1.52. The molecule has 4 heteroatoms. The van der Waals surface area contributed by atoms with Crippen LogP contribution < -0.4 is 11.5 Å². The minimum Gasteiger partial charge on any atom is -0.323 e. The van der Waals surface area contributed by atoms with Gasteiger partial charge in [0.2, 0.25) is 0 Å². The highest BCUT2D eigenvalue weighted by molar-refractivity contribution is 9.10. The minimum absolute atomic E-state index is 0.280. The van der Waals surface area contributed by atoms with Gasteiger partial charge in [0.25, 0.3) is 0 Å². The molecule has 0 bridgehead atoms. The summed E-state index contributed by atoms with van der Waals surface area (Å²) in [5.41, 5.74) is 12.0. The van der Waals surface area contributed by atoms with Crippen LogP contribution in [0.3, 0.4) is 0 Å². The van der Waals surface area contributed by atoms with Crippen LogP contribution >= 0.6 is 15.9 Å². The summed E-state index contributed by atoms with van der Waals surface area (Å²) in [6.07, 6.45) is 1.75. The Kier molecular flexibility index (Phi) is 2.37. The average Bonchev–Trinajstić information content (AvgIpc) is 2.88. The van der Waals surface area contributed by atoms with Gasteiger partial charge in [-0.05, 0) is 31.0 Å². The molecule has 1 aliphatic rings. The van der Waals surface area contributed by atoms with Crippen molar-refractivity contribution in [2.24, 2.45) is 11.5 Å². The predicted molar refractivity (Wildman–Crippen MR) is 57.2 cm³/mol. The lowest BCUT2D eigenvalue weighted by molar-refractivity contribution is 0.501. The molecule has 0 radical (unpaired) electrons. The van der Waals surface area contributed by atoms with Crippen molar-refractivity contribution in [3.63, 3.8) is 0 Å². The zero-order valence-electron chi connectivity index (χ0n) is 7.63. The van der Waals surface area contributed by atoms with Crippen LogP contribution in [-0.2, 0) is 0 Å². The standard InChI is InChI=1S/C10H12BrFN2/c11-6-1-2-8(12)7(5-6)9(13)10(14)3-4-10/h1-2,5,9H,3-4,13-14H2. The van der Waals surface area contributed by atoms with Gasteiger partial charge >= 0.3 is 0 Å². The summed E-state index contributed by atoms with van der Waals surface area (Å²) >= 11 is 3.29. The van der Waals surface area contributed by atoms with Crippen LogP contribution in [0.5, 0.6) is 0 Å². The summed E-state index contributed by atoms with van der Waals surface area (Å²) < 4.78 is 14.2. The van der Waals surface area contributed by atoms with Gasteiger partial charge in [0, 0.05) is 15.6 Å². The second-order valence-corrected chi connectivity index (χ2v) is 4.79. The predicted octanol–water partition coefficient (Wildman–Crippen LogP) is 2.08. The fourth-order valence-corrected chi connectivity index (χ4v) is 1.90. The van der Waals surface area contributed by atoms with Crippen LogP contribution in [-0.4, -0.2) is 5.54 Å². The molecule has 1 saturated carbocycles. The van der Waals surface area contributed by atoms with E-state index in [-0.39, 0.29) is 11.4 Å². The van der Waals surface area contributed by atoms with Crippen LogP contribution in [0.1, 0.15) is 24.4 Å². The lowest BCUT2D eigenvalue weighted by Crippen LogP contribution is -2.36. The first-order valence-electron chi connectivity index (χ1n) is 4.52. The number of hydrogen-bond donors (Lipinski definition) is 2. The zero-order valence-corrected chi connectivity index (χ0v) is 9.22. The first-order valence-corrected chi connectivity index (χ1v) is 5.32. The molecule has 0 saturated heterocycles. The molecule has 0 spiro atoms. The van der Waals surface area contributed by atoms with E-state index in [0.717, 1.165) is 17.3 Å². The highest BCUT2D eigenvalue weighted by Gasteiger charge is 2.45. The van der Waals surface area contributed by atoms with E-state index in [9.17, 15) is 4.39 Å². The molecule has 1 aliphatic carbocycles. The Morgan fingerprint density at radius 3 is 2.64 bits per heavy atom. The molecule has 76 valence electrons. The second-order valence-electron chi connectivity index (χ2n) is 3.88. The molecule has 0 amide bonds. The molecule has 1 atom stereocenters. The van der Waals surface area contributed by atoms with Crippen LogP contribution in [0.4, 0.5) is 4.39 Å². The van der Waals surface area contributed by atoms with Gasteiger partial charge in [-0.2, -0.15) is 0 Å². The van der Waals surface area contributed by atoms with Gasteiger partial charge in [-0.15, -0.1) is 0 Å². The average molecular weight is 259 g/mol. The van der Waals surface area contributed by atoms with Crippen molar-refractivity contribution in [1.29, 1.82) is 0 Å². The molecular weight excluding hydrogens is 247 g/mol. The maximum Gasteiger partial charge on any atom is 0.128 e. The summed E-state index contributed by atoms with van der Waals surface area (Å²) in [4.78, 5) is 0. The molecule has 1 unspecified atom stereocenters. The summed E-state index contributed by atoms with van der Waals surface area (Å²) in [7, 11) is 0. The van der Waals surface area contributed by atoms with Gasteiger partial charge in [0.05, 0.1) is 6.04 Å². The van der Waals surface area contributed by atoms with Crippen molar-refractivity contribution in [1.82, 2.24) is 0 Å². The number of rotatable bonds is 2. The minimum atomic E-state index is -0.403. The van der Waals surface area contributed by atoms with Gasteiger partial charge < -0.3 is 11.5 Å². The van der Waals surface area contributed by atoms with Gasteiger partial charge in [0.15, 0.2) is 0 Å². The number of benzene rings is 1. The van der Waals surface area contributed by atoms with E-state index in [0.29, 0.717) is 5.56 Å². The third kappa shape index (κ3) is 1.69. The Labute approximate surface area is 90.6 Å². The lowest BCUT2D eigenvalue weighted by Gasteiger charge is -2.19. The van der Waals surface area contributed by atoms with Gasteiger partial charge in [-0.25, -0.2) is 4.39 Å². The summed E-state index contributed by atoms with van der Waals surface area (Å²) in [6, 6.07) is 4.36. The van der Waals surface area contributed by atoms with E-state index < -0.39 is 6.04 Å². The molecule has 0 aromatic heterocycles. The van der Waals surface area contributed by atoms with Crippen molar-refractivity contribution in [3.8, 4) is 0 Å². The van der Waals surface area contributed by atoms with Crippen molar-refractivity contribution in [2.45, 2.75) is 24.4 Å². The van der Waals surface area contributed by atoms with E-state index in [4.69, 9.17) is 11.5 Å². The zero-order chi connectivity index (χ0) is 10.3. The van der Waals surface area contributed by atoms with Crippen molar-refractivity contribution < 1.29 is 4.39 Å². The molecule has 0 heterocycles. The highest BCUT2D eigenvalue weighted by Crippen LogP contribution is 2.42. The quantitative estimate of drug-likeness (QED) is 0.854. The largest absolute Gasteiger partial charge is 0.323 e. The Morgan fingerprint density at radius 1 is 1.43 bits per heavy atom. The molecular formula is C10H12BrFN2. The number of halogens is 2.